The van der Waals surface area contributed by atoms with Gasteiger partial charge in [0.25, 0.3) is 0 Å². The minimum absolute atomic E-state index is 0.178. The van der Waals surface area contributed by atoms with Gasteiger partial charge in [0.05, 0.1) is 5.25 Å². The Hall–Kier alpha value is -2.80. The molecular weight excluding hydrogens is 420 g/mol. The third kappa shape index (κ3) is 5.33. The maximum atomic E-state index is 13.1. The number of carbonyl (C=O) groups is 1. The molecule has 0 radical (unpaired) electrons. The molecule has 0 bridgehead atoms. The minimum atomic E-state index is -0.232. The number of hydrogen-bond donors (Lipinski definition) is 0. The van der Waals surface area contributed by atoms with Gasteiger partial charge < -0.3 is 9.64 Å². The van der Waals surface area contributed by atoms with E-state index in [0.717, 1.165) is 42.9 Å². The van der Waals surface area contributed by atoms with Gasteiger partial charge in [-0.05, 0) is 50.5 Å². The first-order chi connectivity index (χ1) is 15.6. The third-order valence-corrected chi connectivity index (χ3v) is 6.74. The molecule has 1 fully saturated rings. The smallest absolute Gasteiger partial charge is 0.235 e. The van der Waals surface area contributed by atoms with E-state index in [-0.39, 0.29) is 11.2 Å². The summed E-state index contributed by atoms with van der Waals surface area (Å²) in [5, 5.41) is 9.33. The Morgan fingerprint density at radius 3 is 2.41 bits per heavy atom. The van der Waals surface area contributed by atoms with Gasteiger partial charge in [-0.15, -0.1) is 10.2 Å². The Kier molecular flexibility index (Phi) is 7.47. The van der Waals surface area contributed by atoms with Crippen LogP contribution in [-0.2, 0) is 11.4 Å². The summed E-state index contributed by atoms with van der Waals surface area (Å²) in [5.74, 6) is 1.71. The number of benzene rings is 2. The number of para-hydroxylation sites is 2. The molecule has 6 nitrogen and oxygen atoms in total. The Bertz CT molecular complexity index is 1030. The van der Waals surface area contributed by atoms with Crippen molar-refractivity contribution in [1.29, 1.82) is 0 Å². The molecule has 0 N–H and O–H groups in total. The molecule has 1 unspecified atom stereocenters. The number of hydrogen-bond acceptors (Lipinski definition) is 5. The second-order valence-corrected chi connectivity index (χ2v) is 9.43. The molecule has 2 heterocycles. The van der Waals surface area contributed by atoms with Crippen LogP contribution in [0.25, 0.3) is 5.69 Å². The largest absolute Gasteiger partial charge is 0.485 e. The van der Waals surface area contributed by atoms with Crippen LogP contribution in [0.15, 0.2) is 59.8 Å². The van der Waals surface area contributed by atoms with Crippen molar-refractivity contribution in [2.45, 2.75) is 56.5 Å². The summed E-state index contributed by atoms with van der Waals surface area (Å²) in [7, 11) is 0. The summed E-state index contributed by atoms with van der Waals surface area (Å²) >= 11 is 1.46. The second-order valence-electron chi connectivity index (χ2n) is 8.12. The molecule has 2 aromatic carbocycles. The highest BCUT2D eigenvalue weighted by atomic mass is 32.2. The van der Waals surface area contributed by atoms with Crippen LogP contribution in [0, 0.1) is 6.92 Å². The first kappa shape index (κ1) is 22.4. The highest BCUT2D eigenvalue weighted by Gasteiger charge is 2.25. The van der Waals surface area contributed by atoms with Crippen molar-refractivity contribution in [1.82, 2.24) is 19.7 Å². The van der Waals surface area contributed by atoms with Crippen molar-refractivity contribution in [3.8, 4) is 11.4 Å². The zero-order chi connectivity index (χ0) is 22.3. The summed E-state index contributed by atoms with van der Waals surface area (Å²) in [5.41, 5.74) is 2.03. The van der Waals surface area contributed by atoms with Gasteiger partial charge in [0, 0.05) is 18.8 Å². The van der Waals surface area contributed by atoms with Crippen LogP contribution >= 0.6 is 11.8 Å². The zero-order valence-electron chi connectivity index (χ0n) is 18.7. The van der Waals surface area contributed by atoms with E-state index in [4.69, 9.17) is 4.74 Å². The highest BCUT2D eigenvalue weighted by molar-refractivity contribution is 8.00. The molecular formula is C25H30N4O2S. The van der Waals surface area contributed by atoms with Crippen LogP contribution in [0.5, 0.6) is 5.75 Å². The molecule has 3 aromatic rings. The molecule has 0 spiro atoms. The number of likely N-dealkylation sites (tertiary alicyclic amines) is 1. The van der Waals surface area contributed by atoms with E-state index >= 15 is 0 Å². The van der Waals surface area contributed by atoms with Crippen molar-refractivity contribution in [3.63, 3.8) is 0 Å². The lowest BCUT2D eigenvalue weighted by Crippen LogP contribution is -2.37. The van der Waals surface area contributed by atoms with Crippen molar-refractivity contribution >= 4 is 17.7 Å². The molecule has 7 heteroatoms. The number of aryl methyl sites for hydroxylation is 1. The van der Waals surface area contributed by atoms with E-state index in [0.29, 0.717) is 17.6 Å². The van der Waals surface area contributed by atoms with Gasteiger partial charge in [-0.3, -0.25) is 9.36 Å². The second kappa shape index (κ2) is 10.7. The summed E-state index contributed by atoms with van der Waals surface area (Å²) < 4.78 is 8.05. The predicted octanol–water partition coefficient (Wildman–Crippen LogP) is 5.04. The lowest BCUT2D eigenvalue weighted by atomic mass is 10.2. The van der Waals surface area contributed by atoms with Crippen LogP contribution in [0.1, 0.15) is 44.0 Å². The van der Waals surface area contributed by atoms with Crippen molar-refractivity contribution in [2.24, 2.45) is 0 Å². The number of aromatic nitrogens is 3. The molecule has 4 rings (SSSR count). The SMILES string of the molecule is Cc1ccccc1OCc1nnc(SC(C)C(=O)N2CCCCCC2)n1-c1ccccc1. The maximum Gasteiger partial charge on any atom is 0.235 e. The fourth-order valence-corrected chi connectivity index (χ4v) is 4.89. The lowest BCUT2D eigenvalue weighted by molar-refractivity contribution is -0.130. The van der Waals surface area contributed by atoms with Crippen LogP contribution in [0.4, 0.5) is 0 Å². The molecule has 32 heavy (non-hydrogen) atoms. The fraction of sp³-hybridized carbons (Fsp3) is 0.400. The first-order valence-electron chi connectivity index (χ1n) is 11.3. The minimum Gasteiger partial charge on any atom is -0.485 e. The average molecular weight is 451 g/mol. The Morgan fingerprint density at radius 2 is 1.69 bits per heavy atom. The van der Waals surface area contributed by atoms with Crippen LogP contribution in [-0.4, -0.2) is 43.9 Å². The van der Waals surface area contributed by atoms with Crippen molar-refractivity contribution in [2.75, 3.05) is 13.1 Å². The van der Waals surface area contributed by atoms with Gasteiger partial charge in [0.15, 0.2) is 11.0 Å². The molecule has 168 valence electrons. The fourth-order valence-electron chi connectivity index (χ4n) is 3.92. The van der Waals surface area contributed by atoms with E-state index in [1.165, 1.54) is 24.6 Å². The summed E-state index contributed by atoms with van der Waals surface area (Å²) in [4.78, 5) is 15.1. The van der Waals surface area contributed by atoms with E-state index in [1.807, 2.05) is 77.9 Å². The van der Waals surface area contributed by atoms with E-state index in [9.17, 15) is 4.79 Å². The summed E-state index contributed by atoms with van der Waals surface area (Å²) in [6.07, 6.45) is 4.59. The molecule has 1 saturated heterocycles. The van der Waals surface area contributed by atoms with E-state index < -0.39 is 0 Å². The number of thioether (sulfide) groups is 1. The van der Waals surface area contributed by atoms with Gasteiger partial charge in [-0.2, -0.15) is 0 Å². The predicted molar refractivity (Wildman–Crippen MR) is 127 cm³/mol. The Labute approximate surface area is 194 Å². The van der Waals surface area contributed by atoms with Crippen molar-refractivity contribution < 1.29 is 9.53 Å². The monoisotopic (exact) mass is 450 g/mol. The molecule has 0 saturated carbocycles. The summed E-state index contributed by atoms with van der Waals surface area (Å²) in [6.45, 7) is 5.98. The van der Waals surface area contributed by atoms with Gasteiger partial charge >= 0.3 is 0 Å². The van der Waals surface area contributed by atoms with Crippen LogP contribution in [0.3, 0.4) is 0 Å². The number of nitrogens with zero attached hydrogens (tertiary/aromatic N) is 4. The van der Waals surface area contributed by atoms with Gasteiger partial charge in [-0.25, -0.2) is 0 Å². The lowest BCUT2D eigenvalue weighted by Gasteiger charge is -2.23. The highest BCUT2D eigenvalue weighted by Crippen LogP contribution is 2.28. The molecule has 0 aliphatic carbocycles. The molecule has 1 aromatic heterocycles. The summed E-state index contributed by atoms with van der Waals surface area (Å²) in [6, 6.07) is 17.9. The van der Waals surface area contributed by atoms with Gasteiger partial charge in [0.2, 0.25) is 5.91 Å². The van der Waals surface area contributed by atoms with Gasteiger partial charge in [0.1, 0.15) is 12.4 Å². The standard InChI is InChI=1S/C25H30N4O2S/c1-19-12-8-9-15-22(19)31-18-23-26-27-25(29(23)21-13-6-5-7-14-21)32-20(2)24(30)28-16-10-3-4-11-17-28/h5-9,12-15,20H,3-4,10-11,16-18H2,1-2H3. The Balaban J connectivity index is 1.55. The zero-order valence-corrected chi connectivity index (χ0v) is 19.6. The van der Waals surface area contributed by atoms with Crippen molar-refractivity contribution in [3.05, 3.63) is 66.0 Å². The molecule has 1 aliphatic heterocycles. The number of rotatable bonds is 7. The third-order valence-electron chi connectivity index (χ3n) is 5.71. The Morgan fingerprint density at radius 1 is 1.00 bits per heavy atom. The van der Waals surface area contributed by atoms with Crippen LogP contribution < -0.4 is 4.74 Å². The van der Waals surface area contributed by atoms with E-state index in [2.05, 4.69) is 10.2 Å². The average Bonchev–Trinajstić information content (AvgIpc) is 3.02. The number of ether oxygens (including phenoxy) is 1. The maximum absolute atomic E-state index is 13.1. The van der Waals surface area contributed by atoms with E-state index in [1.54, 1.807) is 0 Å². The molecule has 1 amide bonds. The quantitative estimate of drug-likeness (QED) is 0.472. The van der Waals surface area contributed by atoms with Gasteiger partial charge in [-0.1, -0.05) is 61.0 Å². The topological polar surface area (TPSA) is 60.3 Å². The number of amides is 1. The molecule has 1 atom stereocenters. The van der Waals surface area contributed by atoms with Crippen LogP contribution in [0.2, 0.25) is 0 Å². The first-order valence-corrected chi connectivity index (χ1v) is 12.1. The number of carbonyl (C=O) groups excluding carboxylic acids is 1. The normalized spacial score (nSPS) is 15.2. The molecule has 1 aliphatic rings.